The van der Waals surface area contributed by atoms with Crippen LogP contribution in [0.25, 0.3) is 11.3 Å². The first-order valence-electron chi connectivity index (χ1n) is 5.15. The quantitative estimate of drug-likeness (QED) is 0.428. The molecule has 0 saturated carbocycles. The molecule has 0 fully saturated rings. The van der Waals surface area contributed by atoms with E-state index in [4.69, 9.17) is 12.2 Å². The maximum Gasteiger partial charge on any atom is 1.00 e. The van der Waals surface area contributed by atoms with Gasteiger partial charge in [-0.05, 0) is 17.8 Å². The van der Waals surface area contributed by atoms with Crippen molar-refractivity contribution in [1.82, 2.24) is 4.57 Å². The van der Waals surface area contributed by atoms with Gasteiger partial charge in [0, 0.05) is 11.9 Å². The van der Waals surface area contributed by atoms with Gasteiger partial charge in [-0.2, -0.15) is 0 Å². The summed E-state index contributed by atoms with van der Waals surface area (Å²) < 4.78 is 34.3. The predicted molar refractivity (Wildman–Crippen MR) is 73.1 cm³/mol. The van der Waals surface area contributed by atoms with E-state index in [-0.39, 0.29) is 57.9 Å². The Hall–Kier alpha value is 0.616. The molecule has 1 aromatic heterocycles. The molecule has 0 atom stereocenters. The van der Waals surface area contributed by atoms with Crippen molar-refractivity contribution in [3.8, 4) is 11.3 Å². The summed E-state index contributed by atoms with van der Waals surface area (Å²) >= 11 is 6.50. The van der Waals surface area contributed by atoms with Crippen LogP contribution in [-0.2, 0) is 16.7 Å². The standard InChI is InChI=1S/C11H11NO3S3.K/c13-18(14,15)7-6-12-10(8-17-11(12)16)9-4-2-1-3-5-9;/h1-5,8H,6-7H2,(H,13,14,15);/q;+1/p-1. The van der Waals surface area contributed by atoms with Crippen molar-refractivity contribution in [2.24, 2.45) is 0 Å². The number of benzene rings is 1. The van der Waals surface area contributed by atoms with Crippen LogP contribution in [0.2, 0.25) is 0 Å². The third-order valence-electron chi connectivity index (χ3n) is 2.42. The number of hydrogen-bond donors (Lipinski definition) is 0. The maximum atomic E-state index is 10.7. The third kappa shape index (κ3) is 5.14. The molecule has 0 amide bonds. The minimum absolute atomic E-state index is 0. The van der Waals surface area contributed by atoms with Crippen LogP contribution in [0.1, 0.15) is 0 Å². The van der Waals surface area contributed by atoms with E-state index in [0.717, 1.165) is 11.3 Å². The molecule has 96 valence electrons. The fourth-order valence-corrected chi connectivity index (χ4v) is 3.11. The third-order valence-corrected chi connectivity index (χ3v) is 4.37. The molecule has 2 aromatic rings. The summed E-state index contributed by atoms with van der Waals surface area (Å²) in [6.45, 7) is 0.0956. The molecular weight excluding hydrogens is 329 g/mol. The zero-order valence-electron chi connectivity index (χ0n) is 10.3. The van der Waals surface area contributed by atoms with Crippen molar-refractivity contribution < 1.29 is 64.4 Å². The average Bonchev–Trinajstić information content (AvgIpc) is 2.68. The molecular formula is C11H10KNO3S3. The van der Waals surface area contributed by atoms with Crippen LogP contribution in [0.5, 0.6) is 0 Å². The molecule has 0 radical (unpaired) electrons. The monoisotopic (exact) mass is 339 g/mol. The van der Waals surface area contributed by atoms with Crippen molar-refractivity contribution in [2.45, 2.75) is 6.54 Å². The molecule has 0 spiro atoms. The van der Waals surface area contributed by atoms with Crippen LogP contribution >= 0.6 is 23.6 Å². The molecule has 0 saturated heterocycles. The number of thiazole rings is 1. The molecule has 2 rings (SSSR count). The zero-order chi connectivity index (χ0) is 13.2. The molecule has 19 heavy (non-hydrogen) atoms. The Bertz CT molecular complexity index is 691. The topological polar surface area (TPSA) is 62.1 Å². The normalized spacial score (nSPS) is 11.0. The number of hydrogen-bond acceptors (Lipinski definition) is 5. The Labute approximate surface area is 163 Å². The molecule has 0 unspecified atom stereocenters. The van der Waals surface area contributed by atoms with E-state index in [1.807, 2.05) is 35.7 Å². The Kier molecular flexibility index (Phi) is 7.04. The number of aromatic nitrogens is 1. The van der Waals surface area contributed by atoms with Gasteiger partial charge in [-0.15, -0.1) is 11.3 Å². The smallest absolute Gasteiger partial charge is 0.748 e. The Morgan fingerprint density at radius 1 is 1.26 bits per heavy atom. The van der Waals surface area contributed by atoms with E-state index in [9.17, 15) is 13.0 Å². The number of nitrogens with zero attached hydrogens (tertiary/aromatic N) is 1. The fourth-order valence-electron chi connectivity index (χ4n) is 1.58. The van der Waals surface area contributed by atoms with Gasteiger partial charge in [-0.25, -0.2) is 8.42 Å². The molecule has 0 aliphatic carbocycles. The summed E-state index contributed by atoms with van der Waals surface area (Å²) in [5.41, 5.74) is 1.79. The van der Waals surface area contributed by atoms with E-state index in [1.165, 1.54) is 11.3 Å². The molecule has 0 bridgehead atoms. The zero-order valence-corrected chi connectivity index (χ0v) is 15.8. The second-order valence-corrected chi connectivity index (χ2v) is 6.69. The van der Waals surface area contributed by atoms with Gasteiger partial charge in [-0.1, -0.05) is 30.3 Å². The van der Waals surface area contributed by atoms with E-state index in [0.29, 0.717) is 3.95 Å². The van der Waals surface area contributed by atoms with E-state index in [2.05, 4.69) is 0 Å². The van der Waals surface area contributed by atoms with Gasteiger partial charge in [0.1, 0.15) is 0 Å². The second-order valence-electron chi connectivity index (χ2n) is 3.67. The number of rotatable bonds is 4. The summed E-state index contributed by atoms with van der Waals surface area (Å²) in [6, 6.07) is 9.52. The van der Waals surface area contributed by atoms with Gasteiger partial charge >= 0.3 is 51.4 Å². The molecule has 0 aliphatic heterocycles. The summed E-state index contributed by atoms with van der Waals surface area (Å²) in [6.07, 6.45) is 0. The van der Waals surface area contributed by atoms with E-state index < -0.39 is 15.9 Å². The van der Waals surface area contributed by atoms with Gasteiger partial charge in [0.05, 0.1) is 21.6 Å². The first-order chi connectivity index (χ1) is 8.47. The first kappa shape index (κ1) is 17.7. The molecule has 1 aromatic carbocycles. The molecule has 0 N–H and O–H groups in total. The summed E-state index contributed by atoms with van der Waals surface area (Å²) in [5, 5.41) is 1.87. The fraction of sp³-hybridized carbons (Fsp3) is 0.182. The summed E-state index contributed by atoms with van der Waals surface area (Å²) in [5.74, 6) is -0.447. The minimum atomic E-state index is -4.23. The molecule has 0 aliphatic rings. The van der Waals surface area contributed by atoms with Crippen molar-refractivity contribution in [1.29, 1.82) is 0 Å². The van der Waals surface area contributed by atoms with Crippen LogP contribution < -0.4 is 51.4 Å². The van der Waals surface area contributed by atoms with Crippen LogP contribution in [0.15, 0.2) is 35.7 Å². The van der Waals surface area contributed by atoms with E-state index in [1.54, 1.807) is 4.57 Å². The van der Waals surface area contributed by atoms with Gasteiger partial charge in [0.25, 0.3) is 0 Å². The molecule has 4 nitrogen and oxygen atoms in total. The Balaban J connectivity index is 0.00000180. The van der Waals surface area contributed by atoms with Crippen molar-refractivity contribution in [3.63, 3.8) is 0 Å². The Morgan fingerprint density at radius 2 is 1.89 bits per heavy atom. The van der Waals surface area contributed by atoms with Gasteiger partial charge in [-0.3, -0.25) is 0 Å². The SMILES string of the molecule is O=S(=O)([O-])CCn1c(-c2ccccc2)csc1=S.[K+]. The van der Waals surface area contributed by atoms with Crippen molar-refractivity contribution in [3.05, 3.63) is 39.7 Å². The van der Waals surface area contributed by atoms with Crippen LogP contribution in [0, 0.1) is 3.95 Å². The van der Waals surface area contributed by atoms with Crippen molar-refractivity contribution >= 4 is 33.7 Å². The van der Waals surface area contributed by atoms with Gasteiger partial charge in [0.15, 0.2) is 3.95 Å². The van der Waals surface area contributed by atoms with Crippen LogP contribution in [-0.4, -0.2) is 23.3 Å². The first-order valence-corrected chi connectivity index (χ1v) is 8.01. The molecule has 8 heteroatoms. The van der Waals surface area contributed by atoms with Crippen molar-refractivity contribution in [2.75, 3.05) is 5.75 Å². The largest absolute Gasteiger partial charge is 1.00 e. The Morgan fingerprint density at radius 3 is 2.47 bits per heavy atom. The predicted octanol–water partition coefficient (Wildman–Crippen LogP) is -0.505. The van der Waals surface area contributed by atoms with Gasteiger partial charge < -0.3 is 9.12 Å². The van der Waals surface area contributed by atoms with Crippen LogP contribution in [0.3, 0.4) is 0 Å². The van der Waals surface area contributed by atoms with E-state index >= 15 is 0 Å². The summed E-state index contributed by atoms with van der Waals surface area (Å²) in [4.78, 5) is 0. The van der Waals surface area contributed by atoms with Gasteiger partial charge in [0.2, 0.25) is 0 Å². The summed E-state index contributed by atoms with van der Waals surface area (Å²) in [7, 11) is -4.23. The molecule has 1 heterocycles. The van der Waals surface area contributed by atoms with Crippen LogP contribution in [0.4, 0.5) is 0 Å². The average molecular weight is 340 g/mol. The maximum absolute atomic E-state index is 10.7. The minimum Gasteiger partial charge on any atom is -0.748 e. The second kappa shape index (κ2) is 7.58.